The van der Waals surface area contributed by atoms with E-state index in [9.17, 15) is 17.8 Å². The van der Waals surface area contributed by atoms with Crippen LogP contribution in [-0.4, -0.2) is 36.5 Å². The molecule has 0 aliphatic carbocycles. The van der Waals surface area contributed by atoms with Crippen LogP contribution in [0.25, 0.3) is 37.5 Å². The lowest BCUT2D eigenvalue weighted by Gasteiger charge is -2.11. The molecule has 0 radical (unpaired) electrons. The minimum absolute atomic E-state index is 0.0377. The number of fused-ring (bicyclic) bond motifs is 3. The summed E-state index contributed by atoms with van der Waals surface area (Å²) in [7, 11) is 0.489. The summed E-state index contributed by atoms with van der Waals surface area (Å²) in [6.45, 7) is 0. The molecule has 0 unspecified atom stereocenters. The van der Waals surface area contributed by atoms with Crippen LogP contribution >= 0.6 is 34.4 Å². The van der Waals surface area contributed by atoms with E-state index in [0.29, 0.717) is 9.49 Å². The van der Waals surface area contributed by atoms with Gasteiger partial charge in [-0.05, 0) is 24.3 Å². The standard InChI is InChI=1S/C29H21N4OS3.CH4O4S/c1-31-21-12-6-8-14-23(21)35-25(31)17-19-16-20(18-10-4-3-5-11-18)30-29-33(19)27(34)26(37-29)28-32(2)22-13-7-9-15-24(22)36-28;1-5-6(2,3)4/h3-17H,1-2H3;1H3,(H,2,3,4)/q+1;/p-1/b28-26+;. The molecular formula is C30H24N4O5S4. The van der Waals surface area contributed by atoms with Crippen molar-refractivity contribution in [2.75, 3.05) is 19.1 Å². The molecule has 218 valence electrons. The fourth-order valence-electron chi connectivity index (χ4n) is 4.68. The number of thiazole rings is 2. The first-order chi connectivity index (χ1) is 20.6. The third kappa shape index (κ3) is 5.75. The lowest BCUT2D eigenvalue weighted by Crippen LogP contribution is -2.35. The smallest absolute Gasteiger partial charge is 0.277 e. The Hall–Kier alpha value is -3.85. The Bertz CT molecular complexity index is 2290. The molecule has 0 amide bonds. The quantitative estimate of drug-likeness (QED) is 0.163. The highest BCUT2D eigenvalue weighted by molar-refractivity contribution is 8.08. The highest BCUT2D eigenvalue weighted by Crippen LogP contribution is 2.45. The van der Waals surface area contributed by atoms with Crippen molar-refractivity contribution in [1.82, 2.24) is 9.38 Å². The van der Waals surface area contributed by atoms with E-state index in [2.05, 4.69) is 75.3 Å². The van der Waals surface area contributed by atoms with E-state index in [1.807, 2.05) is 43.4 Å². The number of para-hydroxylation sites is 2. The summed E-state index contributed by atoms with van der Waals surface area (Å²) in [4.78, 5) is 22.9. The average Bonchev–Trinajstić information content (AvgIpc) is 3.64. The zero-order valence-electron chi connectivity index (χ0n) is 23.1. The molecule has 1 aliphatic heterocycles. The Kier molecular flexibility index (Phi) is 7.94. The topological polar surface area (TPSA) is 108 Å². The number of hydrogen-bond donors (Lipinski definition) is 0. The van der Waals surface area contributed by atoms with Crippen LogP contribution in [0.3, 0.4) is 0 Å². The van der Waals surface area contributed by atoms with Gasteiger partial charge in [-0.25, -0.2) is 13.4 Å². The van der Waals surface area contributed by atoms with E-state index in [-0.39, 0.29) is 5.56 Å². The van der Waals surface area contributed by atoms with Crippen LogP contribution in [0.1, 0.15) is 5.01 Å². The van der Waals surface area contributed by atoms with Crippen LogP contribution in [0, 0.1) is 0 Å². The normalized spacial score (nSPS) is 14.7. The van der Waals surface area contributed by atoms with Crippen molar-refractivity contribution in [2.45, 2.75) is 4.90 Å². The molecule has 0 fully saturated rings. The highest BCUT2D eigenvalue weighted by atomic mass is 32.3. The second-order valence-corrected chi connectivity index (χ2v) is 13.6. The maximum absolute atomic E-state index is 14.0. The van der Waals surface area contributed by atoms with Gasteiger partial charge in [0, 0.05) is 29.6 Å². The molecular weight excluding hydrogens is 625 g/mol. The van der Waals surface area contributed by atoms with Gasteiger partial charge in [-0.2, -0.15) is 4.57 Å². The maximum Gasteiger partial charge on any atom is 0.277 e. The third-order valence-corrected chi connectivity index (χ3v) is 10.8. The van der Waals surface area contributed by atoms with Gasteiger partial charge in [0.25, 0.3) is 10.6 Å². The minimum Gasteiger partial charge on any atom is -0.726 e. The summed E-state index contributed by atoms with van der Waals surface area (Å²) in [6, 6.07) is 28.8. The molecule has 43 heavy (non-hydrogen) atoms. The SMILES string of the molecule is CN1/C(=c2\sc3nc(-c4ccccc4)c/c(=C\c4sc5ccccc5[n+]4C)n3c2=O)Sc2ccccc21.COS(=O)(=O)[O-]. The van der Waals surface area contributed by atoms with Gasteiger partial charge in [0.1, 0.15) is 21.3 Å². The monoisotopic (exact) mass is 648 g/mol. The van der Waals surface area contributed by atoms with Gasteiger partial charge in [-0.15, -0.1) is 0 Å². The number of benzene rings is 3. The number of rotatable bonds is 3. The molecule has 0 N–H and O–H groups in total. The maximum atomic E-state index is 14.0. The molecule has 0 spiro atoms. The fraction of sp³-hybridized carbons (Fsp3) is 0.100. The molecule has 4 heterocycles. The number of aryl methyl sites for hydroxylation is 1. The molecule has 0 saturated heterocycles. The third-order valence-electron chi connectivity index (χ3n) is 6.79. The first kappa shape index (κ1) is 29.2. The zero-order valence-corrected chi connectivity index (χ0v) is 26.4. The van der Waals surface area contributed by atoms with Crippen molar-refractivity contribution in [3.05, 3.63) is 110 Å². The number of hydrogen-bond acceptors (Lipinski definition) is 10. The Balaban J connectivity index is 0.000000501. The molecule has 9 nitrogen and oxygen atoms in total. The van der Waals surface area contributed by atoms with Crippen molar-refractivity contribution >= 4 is 76.8 Å². The van der Waals surface area contributed by atoms with E-state index in [1.54, 1.807) is 27.5 Å². The van der Waals surface area contributed by atoms with Crippen LogP contribution in [0.2, 0.25) is 0 Å². The van der Waals surface area contributed by atoms with E-state index in [4.69, 9.17) is 4.98 Å². The van der Waals surface area contributed by atoms with Gasteiger partial charge in [-0.3, -0.25) is 13.4 Å². The molecule has 0 bridgehead atoms. The number of anilines is 1. The molecule has 3 aromatic heterocycles. The van der Waals surface area contributed by atoms with Crippen LogP contribution in [0.5, 0.6) is 0 Å². The second kappa shape index (κ2) is 11.7. The Morgan fingerprint density at radius 3 is 2.35 bits per heavy atom. The molecule has 13 heteroatoms. The predicted octanol–water partition coefficient (Wildman–Crippen LogP) is 3.69. The molecule has 3 aromatic carbocycles. The van der Waals surface area contributed by atoms with Gasteiger partial charge in [0.2, 0.25) is 15.9 Å². The van der Waals surface area contributed by atoms with Gasteiger partial charge in [0.15, 0.2) is 4.96 Å². The van der Waals surface area contributed by atoms with Gasteiger partial charge < -0.3 is 9.45 Å². The van der Waals surface area contributed by atoms with Crippen molar-refractivity contribution < 1.29 is 21.7 Å². The van der Waals surface area contributed by atoms with Crippen molar-refractivity contribution in [2.24, 2.45) is 7.05 Å². The lowest BCUT2D eigenvalue weighted by atomic mass is 10.1. The van der Waals surface area contributed by atoms with Gasteiger partial charge >= 0.3 is 0 Å². The van der Waals surface area contributed by atoms with E-state index < -0.39 is 10.4 Å². The molecule has 0 saturated carbocycles. The number of nitrogens with zero attached hydrogens (tertiary/aromatic N) is 4. The predicted molar refractivity (Wildman–Crippen MR) is 171 cm³/mol. The minimum atomic E-state index is -4.41. The summed E-state index contributed by atoms with van der Waals surface area (Å²) >= 11 is 4.81. The summed E-state index contributed by atoms with van der Waals surface area (Å²) in [5.41, 5.74) is 4.12. The van der Waals surface area contributed by atoms with Crippen LogP contribution in [-0.2, 0) is 21.6 Å². The zero-order chi connectivity index (χ0) is 30.3. The lowest BCUT2D eigenvalue weighted by molar-refractivity contribution is -0.642. The van der Waals surface area contributed by atoms with Crippen LogP contribution in [0.15, 0.2) is 94.6 Å². The number of aromatic nitrogens is 3. The fourth-order valence-corrected chi connectivity index (χ4v) is 8.12. The van der Waals surface area contributed by atoms with Crippen molar-refractivity contribution in [3.8, 4) is 11.3 Å². The van der Waals surface area contributed by atoms with E-state index in [1.165, 1.54) is 21.6 Å². The number of thioether (sulfide) groups is 1. The van der Waals surface area contributed by atoms with Crippen molar-refractivity contribution in [1.29, 1.82) is 0 Å². The second-order valence-electron chi connectivity index (χ2n) is 9.41. The van der Waals surface area contributed by atoms with Crippen molar-refractivity contribution in [3.63, 3.8) is 0 Å². The summed E-state index contributed by atoms with van der Waals surface area (Å²) in [5, 5.41) is 2.84. The summed E-state index contributed by atoms with van der Waals surface area (Å²) < 4.78 is 36.9. The largest absolute Gasteiger partial charge is 0.726 e. The average molecular weight is 649 g/mol. The molecule has 0 atom stereocenters. The molecule has 7 rings (SSSR count). The van der Waals surface area contributed by atoms with Gasteiger partial charge in [0.05, 0.1) is 23.8 Å². The first-order valence-electron chi connectivity index (χ1n) is 12.9. The summed E-state index contributed by atoms with van der Waals surface area (Å²) in [5.74, 6) is 0. The highest BCUT2D eigenvalue weighted by Gasteiger charge is 2.25. The molecule has 6 aromatic rings. The first-order valence-corrected chi connectivity index (χ1v) is 16.7. The van der Waals surface area contributed by atoms with E-state index >= 15 is 0 Å². The molecule has 1 aliphatic rings. The summed E-state index contributed by atoms with van der Waals surface area (Å²) in [6.07, 6.45) is 2.11. The Labute approximate surface area is 259 Å². The Morgan fingerprint density at radius 2 is 1.65 bits per heavy atom. The van der Waals surface area contributed by atoms with Gasteiger partial charge in [-0.1, -0.05) is 89.0 Å². The van der Waals surface area contributed by atoms with Crippen LogP contribution in [0.4, 0.5) is 5.69 Å². The Morgan fingerprint density at radius 1 is 0.977 bits per heavy atom. The van der Waals surface area contributed by atoms with Crippen LogP contribution < -0.4 is 24.9 Å². The van der Waals surface area contributed by atoms with E-state index in [0.717, 1.165) is 44.3 Å².